The predicted octanol–water partition coefficient (Wildman–Crippen LogP) is 5.47. The van der Waals surface area contributed by atoms with Crippen molar-refractivity contribution in [2.45, 2.75) is 89.9 Å². The summed E-state index contributed by atoms with van der Waals surface area (Å²) in [6.45, 7) is 4.15. The number of unbranched alkanes of at least 4 members (excludes halogenated alkanes) is 8. The lowest BCUT2D eigenvalue weighted by atomic mass is 10.1. The minimum absolute atomic E-state index is 0.156. The van der Waals surface area contributed by atoms with Gasteiger partial charge in [0, 0.05) is 12.3 Å². The van der Waals surface area contributed by atoms with Gasteiger partial charge in [0.1, 0.15) is 0 Å². The molecule has 0 N–H and O–H groups in total. The Balaban J connectivity index is 3.14. The first-order valence-corrected chi connectivity index (χ1v) is 8.38. The number of carbonyl (C=O) groups excluding carboxylic acids is 1. The van der Waals surface area contributed by atoms with E-state index in [1.807, 2.05) is 0 Å². The summed E-state index contributed by atoms with van der Waals surface area (Å²) in [5.41, 5.74) is 0. The van der Waals surface area contributed by atoms with Crippen molar-refractivity contribution in [1.82, 2.24) is 0 Å². The summed E-state index contributed by atoms with van der Waals surface area (Å²) in [6.07, 6.45) is 13.9. The first kappa shape index (κ1) is 18.8. The quantitative estimate of drug-likeness (QED) is 0.255. The van der Waals surface area contributed by atoms with Crippen LogP contribution in [0.15, 0.2) is 0 Å². The van der Waals surface area contributed by atoms with Gasteiger partial charge in [-0.2, -0.15) is 0 Å². The molecule has 0 aliphatic heterocycles. The maximum absolute atomic E-state index is 10.6. The Morgan fingerprint density at radius 2 is 1.47 bits per heavy atom. The van der Waals surface area contributed by atoms with Crippen LogP contribution >= 0.6 is 11.6 Å². The molecule has 0 aromatic heterocycles. The van der Waals surface area contributed by atoms with Crippen molar-refractivity contribution in [3.63, 3.8) is 0 Å². The van der Waals surface area contributed by atoms with Gasteiger partial charge >= 0.3 is 5.97 Å². The highest BCUT2D eigenvalue weighted by molar-refractivity contribution is 6.20. The Hall–Kier alpha value is -0.240. The number of halogens is 1. The van der Waals surface area contributed by atoms with Gasteiger partial charge < -0.3 is 4.74 Å². The first-order chi connectivity index (χ1) is 9.16. The van der Waals surface area contributed by atoms with Crippen LogP contribution in [0.25, 0.3) is 0 Å². The van der Waals surface area contributed by atoms with Gasteiger partial charge in [-0.3, -0.25) is 4.79 Å². The third kappa shape index (κ3) is 15.7. The van der Waals surface area contributed by atoms with Crippen molar-refractivity contribution in [2.24, 2.45) is 0 Å². The molecule has 19 heavy (non-hydrogen) atoms. The van der Waals surface area contributed by atoms with Gasteiger partial charge in [-0.25, -0.2) is 0 Å². The summed E-state index contributed by atoms with van der Waals surface area (Å²) in [5.74, 6) is -0.216. The molecule has 0 spiro atoms. The summed E-state index contributed by atoms with van der Waals surface area (Å²) in [4.78, 5) is 10.6. The van der Waals surface area contributed by atoms with Gasteiger partial charge in [-0.15, -0.1) is 11.6 Å². The van der Waals surface area contributed by atoms with Crippen molar-refractivity contribution in [2.75, 3.05) is 6.61 Å². The Bertz CT molecular complexity index is 207. The lowest BCUT2D eigenvalue weighted by Gasteiger charge is -2.09. The van der Waals surface area contributed by atoms with Crippen LogP contribution in [0.4, 0.5) is 0 Å². The summed E-state index contributed by atoms with van der Waals surface area (Å²) < 4.78 is 4.88. The molecule has 1 atom stereocenters. The van der Waals surface area contributed by atoms with Crippen molar-refractivity contribution < 1.29 is 9.53 Å². The fraction of sp³-hybridized carbons (Fsp3) is 0.938. The number of ether oxygens (including phenoxy) is 1. The smallest absolute Gasteiger partial charge is 0.302 e. The lowest BCUT2D eigenvalue weighted by molar-refractivity contribution is -0.141. The molecule has 0 aliphatic carbocycles. The Morgan fingerprint density at radius 3 is 2.00 bits per heavy atom. The van der Waals surface area contributed by atoms with Crippen molar-refractivity contribution >= 4 is 17.6 Å². The van der Waals surface area contributed by atoms with Crippen LogP contribution < -0.4 is 0 Å². The van der Waals surface area contributed by atoms with Gasteiger partial charge in [-0.05, 0) is 12.8 Å². The van der Waals surface area contributed by atoms with Gasteiger partial charge in [0.2, 0.25) is 0 Å². The van der Waals surface area contributed by atoms with E-state index in [1.165, 1.54) is 64.7 Å². The molecule has 0 saturated heterocycles. The van der Waals surface area contributed by atoms with Crippen LogP contribution in [-0.2, 0) is 9.53 Å². The molecule has 0 heterocycles. The fourth-order valence-corrected chi connectivity index (χ4v) is 2.39. The van der Waals surface area contributed by atoms with Crippen LogP contribution in [0.1, 0.15) is 84.5 Å². The highest BCUT2D eigenvalue weighted by Gasteiger charge is 2.05. The molecule has 0 amide bonds. The largest absolute Gasteiger partial charge is 0.466 e. The summed E-state index contributed by atoms with van der Waals surface area (Å²) in [6, 6.07) is 0. The van der Waals surface area contributed by atoms with Gasteiger partial charge in [0.15, 0.2) is 0 Å². The molecule has 1 unspecified atom stereocenters. The third-order valence-corrected chi connectivity index (χ3v) is 3.79. The topological polar surface area (TPSA) is 26.3 Å². The number of hydrogen-bond acceptors (Lipinski definition) is 2. The third-order valence-electron chi connectivity index (χ3n) is 3.36. The number of carbonyl (C=O) groups is 1. The fourth-order valence-electron chi connectivity index (χ4n) is 2.15. The maximum atomic E-state index is 10.6. The standard InChI is InChI=1S/C16H31ClO2/c1-3-4-5-6-7-8-9-10-11-12-16(17)13-14-19-15(2)18/h16H,3-14H2,1-2H3. The van der Waals surface area contributed by atoms with E-state index in [-0.39, 0.29) is 11.3 Å². The van der Waals surface area contributed by atoms with E-state index in [1.54, 1.807) is 0 Å². The number of hydrogen-bond donors (Lipinski definition) is 0. The lowest BCUT2D eigenvalue weighted by Crippen LogP contribution is -2.07. The summed E-state index contributed by atoms with van der Waals surface area (Å²) in [5, 5.41) is 0.156. The first-order valence-electron chi connectivity index (χ1n) is 7.94. The maximum Gasteiger partial charge on any atom is 0.302 e. The molecule has 2 nitrogen and oxygen atoms in total. The van der Waals surface area contributed by atoms with E-state index in [0.29, 0.717) is 6.61 Å². The van der Waals surface area contributed by atoms with E-state index >= 15 is 0 Å². The minimum atomic E-state index is -0.216. The molecular formula is C16H31ClO2. The second-order valence-corrected chi connectivity index (χ2v) is 5.96. The second-order valence-electron chi connectivity index (χ2n) is 5.34. The zero-order chi connectivity index (χ0) is 14.3. The van der Waals surface area contributed by atoms with Gasteiger partial charge in [0.05, 0.1) is 6.61 Å². The van der Waals surface area contributed by atoms with E-state index in [0.717, 1.165) is 12.8 Å². The molecule has 0 radical (unpaired) electrons. The molecule has 0 saturated carbocycles. The molecule has 3 heteroatoms. The van der Waals surface area contributed by atoms with Crippen LogP contribution in [-0.4, -0.2) is 18.0 Å². The number of rotatable bonds is 13. The highest BCUT2D eigenvalue weighted by atomic mass is 35.5. The summed E-state index contributed by atoms with van der Waals surface area (Å²) >= 11 is 6.17. The molecule has 0 fully saturated rings. The normalized spacial score (nSPS) is 12.4. The number of alkyl halides is 1. The predicted molar refractivity (Wildman–Crippen MR) is 82.7 cm³/mol. The van der Waals surface area contributed by atoms with Crippen molar-refractivity contribution in [1.29, 1.82) is 0 Å². The van der Waals surface area contributed by atoms with Crippen molar-refractivity contribution in [3.05, 3.63) is 0 Å². The zero-order valence-electron chi connectivity index (χ0n) is 12.8. The van der Waals surface area contributed by atoms with E-state index in [9.17, 15) is 4.79 Å². The van der Waals surface area contributed by atoms with E-state index < -0.39 is 0 Å². The summed E-state index contributed by atoms with van der Waals surface area (Å²) in [7, 11) is 0. The van der Waals surface area contributed by atoms with Crippen LogP contribution in [0.3, 0.4) is 0 Å². The molecule has 114 valence electrons. The molecule has 0 aromatic carbocycles. The SMILES string of the molecule is CCCCCCCCCCCC(Cl)CCOC(C)=O. The average molecular weight is 291 g/mol. The van der Waals surface area contributed by atoms with Crippen LogP contribution in [0, 0.1) is 0 Å². The zero-order valence-corrected chi connectivity index (χ0v) is 13.5. The Kier molecular flexibility index (Phi) is 14.0. The Morgan fingerprint density at radius 1 is 0.947 bits per heavy atom. The van der Waals surface area contributed by atoms with Gasteiger partial charge in [-0.1, -0.05) is 64.7 Å². The molecule has 0 rings (SSSR count). The van der Waals surface area contributed by atoms with Crippen molar-refractivity contribution in [3.8, 4) is 0 Å². The minimum Gasteiger partial charge on any atom is -0.466 e. The average Bonchev–Trinajstić information content (AvgIpc) is 2.36. The second kappa shape index (κ2) is 14.2. The van der Waals surface area contributed by atoms with E-state index in [4.69, 9.17) is 16.3 Å². The van der Waals surface area contributed by atoms with Gasteiger partial charge in [0.25, 0.3) is 0 Å². The molecule has 0 aromatic rings. The van der Waals surface area contributed by atoms with Crippen LogP contribution in [0.2, 0.25) is 0 Å². The Labute approximate surface area is 124 Å². The molecule has 0 aliphatic rings. The number of esters is 1. The van der Waals surface area contributed by atoms with E-state index in [2.05, 4.69) is 6.92 Å². The van der Waals surface area contributed by atoms with Crippen LogP contribution in [0.5, 0.6) is 0 Å². The highest BCUT2D eigenvalue weighted by Crippen LogP contribution is 2.15. The molecule has 0 bridgehead atoms. The molecular weight excluding hydrogens is 260 g/mol. The monoisotopic (exact) mass is 290 g/mol.